The molecule has 0 aliphatic carbocycles. The second-order valence-corrected chi connectivity index (χ2v) is 1.000. The zero-order chi connectivity index (χ0) is 3.41. The molecule has 0 unspecified atom stereocenters. The maximum atomic E-state index is 2.18. The summed E-state index contributed by atoms with van der Waals surface area (Å²) in [6.45, 7) is 4.36. The van der Waals surface area contributed by atoms with Crippen LogP contribution in [-0.2, 0) is 0 Å². The van der Waals surface area contributed by atoms with Crippen molar-refractivity contribution in [2.24, 2.45) is 0 Å². The molecule has 0 amide bonds. The van der Waals surface area contributed by atoms with E-state index in [-0.39, 0.29) is 36.8 Å². The van der Waals surface area contributed by atoms with Gasteiger partial charge in [0, 0.05) is 0 Å². The summed E-state index contributed by atoms with van der Waals surface area (Å²) in [5.74, 6) is 0. The van der Waals surface area contributed by atoms with Gasteiger partial charge < -0.3 is 0 Å². The fraction of sp³-hybridized carbons (Fsp3) is 1.00. The molecule has 0 nitrogen and oxygen atoms in total. The van der Waals surface area contributed by atoms with Gasteiger partial charge in [0.2, 0.25) is 0 Å². The SMILES string of the molecule is CCCC.Cl.[SbH3]. The second kappa shape index (κ2) is 16.5. The molecule has 0 N–H and O–H groups in total. The van der Waals surface area contributed by atoms with Crippen LogP contribution in [0.2, 0.25) is 0 Å². The van der Waals surface area contributed by atoms with Crippen LogP contribution in [0.15, 0.2) is 0 Å². The molecule has 0 fully saturated rings. The summed E-state index contributed by atoms with van der Waals surface area (Å²) < 4.78 is 0. The van der Waals surface area contributed by atoms with E-state index in [1.54, 1.807) is 0 Å². The van der Waals surface area contributed by atoms with Gasteiger partial charge >= 0.3 is 24.4 Å². The van der Waals surface area contributed by atoms with Crippen molar-refractivity contribution < 1.29 is 0 Å². The van der Waals surface area contributed by atoms with Gasteiger partial charge in [-0.1, -0.05) is 26.7 Å². The van der Waals surface area contributed by atoms with E-state index in [4.69, 9.17) is 0 Å². The maximum absolute atomic E-state index is 2.18. The first-order valence-corrected chi connectivity index (χ1v) is 1.91. The first kappa shape index (κ1) is 15.7. The molecule has 0 rings (SSSR count). The van der Waals surface area contributed by atoms with E-state index >= 15 is 0 Å². The summed E-state index contributed by atoms with van der Waals surface area (Å²) in [4.78, 5) is 0. The molecule has 0 atom stereocenters. The second-order valence-electron chi connectivity index (χ2n) is 1.000. The van der Waals surface area contributed by atoms with E-state index in [1.807, 2.05) is 0 Å². The summed E-state index contributed by atoms with van der Waals surface area (Å²) in [6, 6.07) is 0. The van der Waals surface area contributed by atoms with E-state index < -0.39 is 0 Å². The van der Waals surface area contributed by atoms with Crippen LogP contribution in [-0.4, -0.2) is 24.4 Å². The topological polar surface area (TPSA) is 0 Å². The van der Waals surface area contributed by atoms with Crippen LogP contribution >= 0.6 is 12.4 Å². The zero-order valence-electron chi connectivity index (χ0n) is 4.53. The standard InChI is InChI=1S/C4H10.ClH.Sb.3H/c1-3-4-2;;;;;/h3-4H2,1-2H3;1H;;;;. The Morgan fingerprint density at radius 3 is 1.17 bits per heavy atom. The Morgan fingerprint density at radius 2 is 1.17 bits per heavy atom. The van der Waals surface area contributed by atoms with Crippen LogP contribution in [0.5, 0.6) is 0 Å². The molecular weight excluding hydrogens is 205 g/mol. The van der Waals surface area contributed by atoms with Crippen molar-refractivity contribution in [3.63, 3.8) is 0 Å². The molecule has 0 heterocycles. The molecule has 0 aliphatic heterocycles. The van der Waals surface area contributed by atoms with Gasteiger partial charge in [0.05, 0.1) is 0 Å². The zero-order valence-corrected chi connectivity index (χ0v) is 9.38. The normalized spacial score (nSPS) is 5.00. The summed E-state index contributed by atoms with van der Waals surface area (Å²) in [6.07, 6.45) is 2.64. The van der Waals surface area contributed by atoms with E-state index in [1.165, 1.54) is 12.8 Å². The minimum absolute atomic E-state index is 0. The number of halogens is 1. The van der Waals surface area contributed by atoms with Crippen molar-refractivity contribution in [2.75, 3.05) is 0 Å². The molecule has 6 heavy (non-hydrogen) atoms. The summed E-state index contributed by atoms with van der Waals surface area (Å²) >= 11 is 0. The third-order valence-electron chi connectivity index (χ3n) is 0.500. The fourth-order valence-electron chi connectivity index (χ4n) is 0. The van der Waals surface area contributed by atoms with Crippen molar-refractivity contribution in [2.45, 2.75) is 26.7 Å². The molecule has 0 radical (unpaired) electrons. The van der Waals surface area contributed by atoms with Crippen LogP contribution in [0, 0.1) is 0 Å². The van der Waals surface area contributed by atoms with Crippen LogP contribution in [0.4, 0.5) is 0 Å². The number of hydrogen-bond donors (Lipinski definition) is 0. The van der Waals surface area contributed by atoms with Crippen LogP contribution in [0.25, 0.3) is 0 Å². The Kier molecular flexibility index (Phi) is 43.2. The van der Waals surface area contributed by atoms with Crippen molar-refractivity contribution in [3.8, 4) is 0 Å². The first-order valence-electron chi connectivity index (χ1n) is 1.91. The fourth-order valence-corrected chi connectivity index (χ4v) is 0. The summed E-state index contributed by atoms with van der Waals surface area (Å²) in [7, 11) is 0. The molecule has 0 aromatic rings. The predicted octanol–water partition coefficient (Wildman–Crippen LogP) is 1.04. The van der Waals surface area contributed by atoms with Gasteiger partial charge in [-0.3, -0.25) is 0 Å². The Hall–Kier alpha value is 1.11. The van der Waals surface area contributed by atoms with Crippen molar-refractivity contribution in [3.05, 3.63) is 0 Å². The van der Waals surface area contributed by atoms with Gasteiger partial charge in [-0.05, 0) is 0 Å². The Bertz CT molecular complexity index is 9.51. The molecule has 0 aromatic heterocycles. The van der Waals surface area contributed by atoms with E-state index in [2.05, 4.69) is 13.8 Å². The quantitative estimate of drug-likeness (QED) is 0.578. The van der Waals surface area contributed by atoms with E-state index in [9.17, 15) is 0 Å². The molecule has 0 aromatic carbocycles. The van der Waals surface area contributed by atoms with Gasteiger partial charge in [0.25, 0.3) is 0 Å². The molecule has 2 heteroatoms. The molecule has 0 saturated carbocycles. The van der Waals surface area contributed by atoms with Crippen LogP contribution < -0.4 is 0 Å². The number of unbranched alkanes of at least 4 members (excludes halogenated alkanes) is 1. The average Bonchev–Trinajstić information content (AvgIpc) is 1.37. The summed E-state index contributed by atoms with van der Waals surface area (Å²) in [5, 5.41) is 0. The molecular formula is C4H14ClSb. The van der Waals surface area contributed by atoms with E-state index in [0.29, 0.717) is 0 Å². The summed E-state index contributed by atoms with van der Waals surface area (Å²) in [5.41, 5.74) is 0. The van der Waals surface area contributed by atoms with Crippen LogP contribution in [0.3, 0.4) is 0 Å². The average molecular weight is 219 g/mol. The Morgan fingerprint density at radius 1 is 1.00 bits per heavy atom. The third-order valence-corrected chi connectivity index (χ3v) is 0.500. The molecule has 42 valence electrons. The van der Waals surface area contributed by atoms with Crippen molar-refractivity contribution in [1.29, 1.82) is 0 Å². The third kappa shape index (κ3) is 19.4. The molecule has 0 spiro atoms. The minimum atomic E-state index is 0. The van der Waals surface area contributed by atoms with Crippen molar-refractivity contribution >= 4 is 36.8 Å². The molecule has 0 bridgehead atoms. The Labute approximate surface area is 63.6 Å². The van der Waals surface area contributed by atoms with Gasteiger partial charge in [-0.2, -0.15) is 0 Å². The van der Waals surface area contributed by atoms with Gasteiger partial charge in [-0.25, -0.2) is 0 Å². The van der Waals surface area contributed by atoms with Gasteiger partial charge in [0.1, 0.15) is 0 Å². The van der Waals surface area contributed by atoms with E-state index in [0.717, 1.165) is 0 Å². The van der Waals surface area contributed by atoms with Gasteiger partial charge in [-0.15, -0.1) is 12.4 Å². The molecule has 0 aliphatic rings. The van der Waals surface area contributed by atoms with Crippen LogP contribution in [0.1, 0.15) is 26.7 Å². The number of rotatable bonds is 1. The Balaban J connectivity index is -0.0000000450. The monoisotopic (exact) mass is 218 g/mol. The van der Waals surface area contributed by atoms with Crippen molar-refractivity contribution in [1.82, 2.24) is 0 Å². The molecule has 0 saturated heterocycles. The predicted molar refractivity (Wildman–Crippen MR) is 37.8 cm³/mol. The van der Waals surface area contributed by atoms with Gasteiger partial charge in [0.15, 0.2) is 0 Å². The first-order chi connectivity index (χ1) is 1.91. The number of hydrogen-bond acceptors (Lipinski definition) is 0.